The third-order valence-corrected chi connectivity index (χ3v) is 4.50. The van der Waals surface area contributed by atoms with E-state index in [1.54, 1.807) is 25.4 Å². The van der Waals surface area contributed by atoms with Gasteiger partial charge in [-0.2, -0.15) is 0 Å². The number of benzene rings is 3. The number of nitrogens with one attached hydrogen (secondary N) is 1. The van der Waals surface area contributed by atoms with Crippen molar-refractivity contribution >= 4 is 11.6 Å². The molecule has 1 amide bonds. The summed E-state index contributed by atoms with van der Waals surface area (Å²) in [6, 6.07) is 27.8. The second-order valence-corrected chi connectivity index (χ2v) is 6.55. The third-order valence-electron chi connectivity index (χ3n) is 4.50. The number of para-hydroxylation sites is 1. The summed E-state index contributed by atoms with van der Waals surface area (Å²) in [5.74, 6) is 2.03. The lowest BCUT2D eigenvalue weighted by Gasteiger charge is -2.09. The van der Waals surface area contributed by atoms with Gasteiger partial charge >= 0.3 is 0 Å². The first-order valence-electron chi connectivity index (χ1n) is 9.46. The van der Waals surface area contributed by atoms with Crippen molar-refractivity contribution in [3.05, 3.63) is 103 Å². The average molecular weight is 396 g/mol. The Bertz CT molecular complexity index is 1130. The van der Waals surface area contributed by atoms with E-state index in [9.17, 15) is 4.79 Å². The number of hydrogen-bond acceptors (Lipinski definition) is 4. The van der Waals surface area contributed by atoms with Crippen molar-refractivity contribution < 1.29 is 14.3 Å². The van der Waals surface area contributed by atoms with E-state index in [1.165, 1.54) is 0 Å². The van der Waals surface area contributed by atoms with Crippen molar-refractivity contribution in [2.45, 2.75) is 0 Å². The van der Waals surface area contributed by atoms with E-state index in [0.717, 1.165) is 22.8 Å². The Morgan fingerprint density at radius 1 is 0.800 bits per heavy atom. The summed E-state index contributed by atoms with van der Waals surface area (Å²) in [4.78, 5) is 17.1. The maximum absolute atomic E-state index is 12.7. The number of pyridine rings is 1. The lowest BCUT2D eigenvalue weighted by atomic mass is 10.1. The van der Waals surface area contributed by atoms with E-state index in [-0.39, 0.29) is 5.91 Å². The number of anilines is 1. The van der Waals surface area contributed by atoms with Gasteiger partial charge in [-0.3, -0.25) is 9.78 Å². The summed E-state index contributed by atoms with van der Waals surface area (Å²) in [7, 11) is 1.62. The van der Waals surface area contributed by atoms with E-state index < -0.39 is 0 Å². The highest BCUT2D eigenvalue weighted by Crippen LogP contribution is 2.24. The van der Waals surface area contributed by atoms with Crippen molar-refractivity contribution in [2.24, 2.45) is 0 Å². The third kappa shape index (κ3) is 4.64. The molecule has 0 atom stereocenters. The van der Waals surface area contributed by atoms with Crippen LogP contribution in [-0.4, -0.2) is 18.0 Å². The Hall–Kier alpha value is -4.12. The molecule has 1 heterocycles. The predicted octanol–water partition coefficient (Wildman–Crippen LogP) is 5.80. The molecule has 0 aliphatic carbocycles. The van der Waals surface area contributed by atoms with Crippen molar-refractivity contribution in [3.8, 4) is 28.5 Å². The zero-order valence-electron chi connectivity index (χ0n) is 16.4. The van der Waals surface area contributed by atoms with E-state index in [4.69, 9.17) is 9.47 Å². The molecular formula is C25H20N2O3. The number of aromatic nitrogens is 1. The Morgan fingerprint density at radius 2 is 1.47 bits per heavy atom. The molecule has 5 heteroatoms. The fourth-order valence-electron chi connectivity index (χ4n) is 2.93. The first kappa shape index (κ1) is 19.2. The lowest BCUT2D eigenvalue weighted by Crippen LogP contribution is -2.12. The van der Waals surface area contributed by atoms with Crippen LogP contribution in [-0.2, 0) is 0 Å². The maximum Gasteiger partial charge on any atom is 0.255 e. The molecule has 3 aromatic carbocycles. The molecule has 4 aromatic rings. The SMILES string of the molecule is COc1ccc(-c2cc(C(=O)Nc3ccc(Oc4ccccc4)cc3)ccn2)cc1. The molecule has 0 unspecified atom stereocenters. The second kappa shape index (κ2) is 8.92. The smallest absolute Gasteiger partial charge is 0.255 e. The van der Waals surface area contributed by atoms with Crippen LogP contribution in [0.15, 0.2) is 97.2 Å². The first-order chi connectivity index (χ1) is 14.7. The quantitative estimate of drug-likeness (QED) is 0.447. The molecule has 1 N–H and O–H groups in total. The van der Waals surface area contributed by atoms with E-state index in [0.29, 0.717) is 17.0 Å². The Morgan fingerprint density at radius 3 is 2.17 bits per heavy atom. The molecule has 0 aliphatic rings. The van der Waals surface area contributed by atoms with Crippen molar-refractivity contribution in [2.75, 3.05) is 12.4 Å². The molecule has 1 aromatic heterocycles. The molecule has 148 valence electrons. The van der Waals surface area contributed by atoms with Crippen LogP contribution < -0.4 is 14.8 Å². The van der Waals surface area contributed by atoms with Crippen molar-refractivity contribution in [1.82, 2.24) is 4.98 Å². The number of amides is 1. The van der Waals surface area contributed by atoms with Crippen LogP contribution in [0.5, 0.6) is 17.2 Å². The number of methoxy groups -OCH3 is 1. The van der Waals surface area contributed by atoms with Crippen LogP contribution in [0, 0.1) is 0 Å². The number of carbonyl (C=O) groups is 1. The highest BCUT2D eigenvalue weighted by Gasteiger charge is 2.09. The summed E-state index contributed by atoms with van der Waals surface area (Å²) in [6.07, 6.45) is 1.63. The van der Waals surface area contributed by atoms with E-state index in [1.807, 2.05) is 78.9 Å². The molecule has 5 nitrogen and oxygen atoms in total. The second-order valence-electron chi connectivity index (χ2n) is 6.55. The monoisotopic (exact) mass is 396 g/mol. The maximum atomic E-state index is 12.7. The number of hydrogen-bond donors (Lipinski definition) is 1. The Labute approximate surface area is 174 Å². The fourth-order valence-corrected chi connectivity index (χ4v) is 2.93. The molecule has 0 aliphatic heterocycles. The number of rotatable bonds is 6. The van der Waals surface area contributed by atoms with Gasteiger partial charge in [0.2, 0.25) is 0 Å². The van der Waals surface area contributed by atoms with Gasteiger partial charge in [0.05, 0.1) is 12.8 Å². The molecule has 0 spiro atoms. The molecule has 0 radical (unpaired) electrons. The van der Waals surface area contributed by atoms with E-state index in [2.05, 4.69) is 10.3 Å². The van der Waals surface area contributed by atoms with Gasteiger partial charge in [-0.25, -0.2) is 0 Å². The van der Waals surface area contributed by atoms with Crippen LogP contribution in [0.4, 0.5) is 5.69 Å². The molecular weight excluding hydrogens is 376 g/mol. The fraction of sp³-hybridized carbons (Fsp3) is 0.0400. The van der Waals surface area contributed by atoms with Gasteiger partial charge in [0.25, 0.3) is 5.91 Å². The topological polar surface area (TPSA) is 60.5 Å². The molecule has 0 saturated carbocycles. The summed E-state index contributed by atoms with van der Waals surface area (Å²) >= 11 is 0. The van der Waals surface area contributed by atoms with Crippen LogP contribution in [0.3, 0.4) is 0 Å². The van der Waals surface area contributed by atoms with Gasteiger partial charge in [0, 0.05) is 23.0 Å². The standard InChI is InChI=1S/C25H20N2O3/c1-29-21-11-7-18(8-12-21)24-17-19(15-16-26-24)25(28)27-20-9-13-23(14-10-20)30-22-5-3-2-4-6-22/h2-17H,1H3,(H,27,28). The number of carbonyl (C=O) groups excluding carboxylic acids is 1. The minimum atomic E-state index is -0.205. The van der Waals surface area contributed by atoms with Gasteiger partial charge in [-0.15, -0.1) is 0 Å². The Kier molecular flexibility index (Phi) is 5.71. The summed E-state index contributed by atoms with van der Waals surface area (Å²) in [5.41, 5.74) is 2.84. The minimum Gasteiger partial charge on any atom is -0.497 e. The summed E-state index contributed by atoms with van der Waals surface area (Å²) in [6.45, 7) is 0. The molecule has 30 heavy (non-hydrogen) atoms. The highest BCUT2D eigenvalue weighted by molar-refractivity contribution is 6.04. The normalized spacial score (nSPS) is 10.3. The van der Waals surface area contributed by atoms with Crippen LogP contribution in [0.25, 0.3) is 11.3 Å². The lowest BCUT2D eigenvalue weighted by molar-refractivity contribution is 0.102. The van der Waals surface area contributed by atoms with Crippen LogP contribution in [0.2, 0.25) is 0 Å². The molecule has 0 saturated heterocycles. The largest absolute Gasteiger partial charge is 0.497 e. The average Bonchev–Trinajstić information content (AvgIpc) is 2.81. The van der Waals surface area contributed by atoms with Gasteiger partial charge in [-0.1, -0.05) is 18.2 Å². The van der Waals surface area contributed by atoms with Gasteiger partial charge < -0.3 is 14.8 Å². The summed E-state index contributed by atoms with van der Waals surface area (Å²) in [5, 5.41) is 2.90. The van der Waals surface area contributed by atoms with Gasteiger partial charge in [-0.05, 0) is 72.8 Å². The highest BCUT2D eigenvalue weighted by atomic mass is 16.5. The van der Waals surface area contributed by atoms with Gasteiger partial charge in [0.1, 0.15) is 17.2 Å². The van der Waals surface area contributed by atoms with Crippen LogP contribution >= 0.6 is 0 Å². The van der Waals surface area contributed by atoms with Gasteiger partial charge in [0.15, 0.2) is 0 Å². The van der Waals surface area contributed by atoms with Crippen molar-refractivity contribution in [1.29, 1.82) is 0 Å². The minimum absolute atomic E-state index is 0.205. The van der Waals surface area contributed by atoms with Crippen LogP contribution in [0.1, 0.15) is 10.4 Å². The Balaban J connectivity index is 1.44. The number of nitrogens with zero attached hydrogens (tertiary/aromatic N) is 1. The molecule has 0 fully saturated rings. The predicted molar refractivity (Wildman–Crippen MR) is 117 cm³/mol. The van der Waals surface area contributed by atoms with Crippen molar-refractivity contribution in [3.63, 3.8) is 0 Å². The number of ether oxygens (including phenoxy) is 2. The zero-order chi connectivity index (χ0) is 20.8. The molecule has 4 rings (SSSR count). The zero-order valence-corrected chi connectivity index (χ0v) is 16.4. The summed E-state index contributed by atoms with van der Waals surface area (Å²) < 4.78 is 11.0. The van der Waals surface area contributed by atoms with E-state index >= 15 is 0 Å². The molecule has 0 bridgehead atoms. The first-order valence-corrected chi connectivity index (χ1v) is 9.46.